The van der Waals surface area contributed by atoms with E-state index in [2.05, 4.69) is 5.32 Å². The largest absolute Gasteiger partial charge is 0.412 e. The highest BCUT2D eigenvalue weighted by atomic mass is 35.5. The molecule has 52 valence electrons. The van der Waals surface area contributed by atoms with Gasteiger partial charge in [0, 0.05) is 0 Å². The molecule has 5 heteroatoms. The molecule has 0 bridgehead atoms. The first kappa shape index (κ1) is 11.3. The number of aliphatic hydroxyl groups excluding tert-OH is 1. The Balaban J connectivity index is 0. The maximum atomic E-state index is 8.11. The van der Waals surface area contributed by atoms with Gasteiger partial charge in [0.05, 0.1) is 18.1 Å². The van der Waals surface area contributed by atoms with Crippen molar-refractivity contribution in [1.29, 1.82) is 0 Å². The molecule has 8 heavy (non-hydrogen) atoms. The normalized spacial score (nSPS) is 12.4. The van der Waals surface area contributed by atoms with E-state index in [9.17, 15) is 0 Å². The molecule has 0 spiro atoms. The van der Waals surface area contributed by atoms with Crippen LogP contribution in [-0.4, -0.2) is 28.7 Å². The molecular weight excluding hydrogens is 153 g/mol. The SMILES string of the molecule is O.OCNC(Cl)CCl. The minimum absolute atomic E-state index is 0. The van der Waals surface area contributed by atoms with Crippen molar-refractivity contribution in [2.24, 2.45) is 0 Å². The van der Waals surface area contributed by atoms with Gasteiger partial charge in [-0.1, -0.05) is 0 Å². The van der Waals surface area contributed by atoms with E-state index in [1.807, 2.05) is 0 Å². The lowest BCUT2D eigenvalue weighted by Gasteiger charge is -2.01. The smallest absolute Gasteiger partial charge is 0.0979 e. The van der Waals surface area contributed by atoms with Crippen LogP contribution in [0.5, 0.6) is 0 Å². The Morgan fingerprint density at radius 1 is 1.62 bits per heavy atom. The van der Waals surface area contributed by atoms with Crippen LogP contribution in [0, 0.1) is 0 Å². The number of nitrogens with one attached hydrogen (secondary N) is 1. The van der Waals surface area contributed by atoms with Crippen molar-refractivity contribution in [3.63, 3.8) is 0 Å². The summed E-state index contributed by atoms with van der Waals surface area (Å²) < 4.78 is 0. The van der Waals surface area contributed by atoms with Gasteiger partial charge in [0.25, 0.3) is 0 Å². The van der Waals surface area contributed by atoms with Gasteiger partial charge in [0.15, 0.2) is 0 Å². The lowest BCUT2D eigenvalue weighted by atomic mass is 10.7. The zero-order valence-corrected chi connectivity index (χ0v) is 5.71. The van der Waals surface area contributed by atoms with Crippen LogP contribution in [0.3, 0.4) is 0 Å². The predicted octanol–water partition coefficient (Wildman–Crippen LogP) is -0.495. The molecule has 0 aromatic heterocycles. The summed E-state index contributed by atoms with van der Waals surface area (Å²) in [5.41, 5.74) is -0.313. The van der Waals surface area contributed by atoms with Crippen LogP contribution in [-0.2, 0) is 0 Å². The maximum Gasteiger partial charge on any atom is 0.0979 e. The summed E-state index contributed by atoms with van der Waals surface area (Å²) in [7, 11) is 0. The molecule has 0 aromatic rings. The van der Waals surface area contributed by atoms with Crippen LogP contribution >= 0.6 is 23.2 Å². The second-order valence-electron chi connectivity index (χ2n) is 0.984. The molecule has 0 aliphatic carbocycles. The monoisotopic (exact) mass is 161 g/mol. The van der Waals surface area contributed by atoms with E-state index < -0.39 is 0 Å². The topological polar surface area (TPSA) is 63.8 Å². The minimum Gasteiger partial charge on any atom is -0.412 e. The lowest BCUT2D eigenvalue weighted by Crippen LogP contribution is -2.25. The summed E-state index contributed by atoms with van der Waals surface area (Å²) >= 11 is 10.6. The summed E-state index contributed by atoms with van der Waals surface area (Å²) in [6.07, 6.45) is 0. The molecule has 1 unspecified atom stereocenters. The summed E-state index contributed by atoms with van der Waals surface area (Å²) in [5.74, 6) is 0.308. The Morgan fingerprint density at radius 2 is 2.12 bits per heavy atom. The molecular formula is C3H9Cl2NO2. The van der Waals surface area contributed by atoms with Crippen molar-refractivity contribution >= 4 is 23.2 Å². The van der Waals surface area contributed by atoms with Crippen molar-refractivity contribution in [3.8, 4) is 0 Å². The predicted molar refractivity (Wildman–Crippen MR) is 34.2 cm³/mol. The average Bonchev–Trinajstić information content (AvgIpc) is 1.68. The third-order valence-corrected chi connectivity index (χ3v) is 1.22. The first-order valence-electron chi connectivity index (χ1n) is 1.85. The van der Waals surface area contributed by atoms with Crippen molar-refractivity contribution < 1.29 is 10.6 Å². The quantitative estimate of drug-likeness (QED) is 0.334. The zero-order chi connectivity index (χ0) is 5.70. The third-order valence-electron chi connectivity index (χ3n) is 0.448. The second kappa shape index (κ2) is 7.46. The van der Waals surface area contributed by atoms with Gasteiger partial charge in [-0.25, -0.2) is 0 Å². The van der Waals surface area contributed by atoms with Gasteiger partial charge in [-0.3, -0.25) is 5.32 Å². The van der Waals surface area contributed by atoms with Crippen molar-refractivity contribution in [2.45, 2.75) is 5.50 Å². The molecule has 0 aromatic carbocycles. The second-order valence-corrected chi connectivity index (χ2v) is 1.82. The minimum atomic E-state index is -0.313. The Kier molecular flexibility index (Phi) is 10.5. The van der Waals surface area contributed by atoms with Gasteiger partial charge in [0.1, 0.15) is 0 Å². The third kappa shape index (κ3) is 6.46. The van der Waals surface area contributed by atoms with Gasteiger partial charge in [-0.2, -0.15) is 0 Å². The maximum absolute atomic E-state index is 8.11. The van der Waals surface area contributed by atoms with Gasteiger partial charge >= 0.3 is 0 Å². The van der Waals surface area contributed by atoms with Crippen LogP contribution in [0.15, 0.2) is 0 Å². The molecule has 0 aliphatic heterocycles. The summed E-state index contributed by atoms with van der Waals surface area (Å²) in [6.45, 7) is -0.124. The number of halogens is 2. The van der Waals surface area contributed by atoms with Crippen molar-refractivity contribution in [3.05, 3.63) is 0 Å². The number of hydrogen-bond donors (Lipinski definition) is 2. The molecule has 0 aliphatic rings. The molecule has 0 heterocycles. The Bertz CT molecular complexity index is 46.3. The number of alkyl halides is 2. The van der Waals surface area contributed by atoms with E-state index in [0.717, 1.165) is 0 Å². The first-order valence-corrected chi connectivity index (χ1v) is 2.82. The number of aliphatic hydroxyl groups is 1. The average molecular weight is 162 g/mol. The molecule has 0 fully saturated rings. The fourth-order valence-electron chi connectivity index (χ4n) is 0.154. The molecule has 4 N–H and O–H groups in total. The van der Waals surface area contributed by atoms with Crippen LogP contribution in [0.2, 0.25) is 0 Å². The van der Waals surface area contributed by atoms with E-state index in [1.54, 1.807) is 0 Å². The van der Waals surface area contributed by atoms with Crippen LogP contribution < -0.4 is 5.32 Å². The molecule has 1 atom stereocenters. The van der Waals surface area contributed by atoms with Gasteiger partial charge in [0.2, 0.25) is 0 Å². The highest BCUT2D eigenvalue weighted by molar-refractivity contribution is 6.27. The first-order chi connectivity index (χ1) is 3.31. The Labute approximate surface area is 57.9 Å². The number of hydrogen-bond acceptors (Lipinski definition) is 2. The summed E-state index contributed by atoms with van der Waals surface area (Å²) in [4.78, 5) is 0. The van der Waals surface area contributed by atoms with E-state index in [0.29, 0.717) is 5.88 Å². The molecule has 0 saturated carbocycles. The summed E-state index contributed by atoms with van der Waals surface area (Å²) in [6, 6.07) is 0. The highest BCUT2D eigenvalue weighted by Crippen LogP contribution is 1.90. The van der Waals surface area contributed by atoms with Crippen molar-refractivity contribution in [2.75, 3.05) is 12.6 Å². The molecule has 3 nitrogen and oxygen atoms in total. The summed E-state index contributed by atoms with van der Waals surface area (Å²) in [5, 5.41) is 10.6. The Morgan fingerprint density at radius 3 is 2.25 bits per heavy atom. The fourth-order valence-corrected chi connectivity index (χ4v) is 0.332. The lowest BCUT2D eigenvalue weighted by molar-refractivity contribution is 0.259. The van der Waals surface area contributed by atoms with E-state index in [-0.39, 0.29) is 17.7 Å². The van der Waals surface area contributed by atoms with Crippen LogP contribution in [0.25, 0.3) is 0 Å². The Hall–Kier alpha value is 0.460. The molecule has 0 rings (SSSR count). The van der Waals surface area contributed by atoms with E-state index >= 15 is 0 Å². The zero-order valence-electron chi connectivity index (χ0n) is 4.19. The standard InChI is InChI=1S/C3H7Cl2NO.H2O/c4-1-3(5)6-2-7;/h3,6-7H,1-2H2;1H2. The van der Waals surface area contributed by atoms with E-state index in [4.69, 9.17) is 28.3 Å². The van der Waals surface area contributed by atoms with Gasteiger partial charge in [-0.05, 0) is 0 Å². The van der Waals surface area contributed by atoms with Crippen LogP contribution in [0.1, 0.15) is 0 Å². The number of rotatable bonds is 3. The van der Waals surface area contributed by atoms with Crippen LogP contribution in [0.4, 0.5) is 0 Å². The molecule has 0 radical (unpaired) electrons. The van der Waals surface area contributed by atoms with Gasteiger partial charge in [-0.15, -0.1) is 23.2 Å². The van der Waals surface area contributed by atoms with E-state index in [1.165, 1.54) is 0 Å². The molecule has 0 saturated heterocycles. The van der Waals surface area contributed by atoms with Gasteiger partial charge < -0.3 is 10.6 Å². The molecule has 0 amide bonds. The fraction of sp³-hybridized carbons (Fsp3) is 1.00. The van der Waals surface area contributed by atoms with Crippen molar-refractivity contribution in [1.82, 2.24) is 5.32 Å². The highest BCUT2D eigenvalue weighted by Gasteiger charge is 1.95.